The summed E-state index contributed by atoms with van der Waals surface area (Å²) >= 11 is 0. The highest BCUT2D eigenvalue weighted by Gasteiger charge is 2.28. The van der Waals surface area contributed by atoms with Gasteiger partial charge in [-0.1, -0.05) is 12.1 Å². The maximum absolute atomic E-state index is 13.2. The molecule has 0 aliphatic carbocycles. The average molecular weight is 364 g/mol. The molecule has 1 amide bonds. The minimum atomic E-state index is 0.0215. The van der Waals surface area contributed by atoms with E-state index in [4.69, 9.17) is 4.74 Å². The predicted molar refractivity (Wildman–Crippen MR) is 103 cm³/mol. The SMILES string of the molecule is Cc1cccc(OC[C@H]2CCCN(C(=O)c3c(C)nc4ncccn34)C2)c1. The fourth-order valence-electron chi connectivity index (χ4n) is 3.71. The van der Waals surface area contributed by atoms with Gasteiger partial charge in [0, 0.05) is 31.4 Å². The summed E-state index contributed by atoms with van der Waals surface area (Å²) in [6, 6.07) is 9.90. The lowest BCUT2D eigenvalue weighted by Gasteiger charge is -2.32. The molecule has 1 aromatic carbocycles. The van der Waals surface area contributed by atoms with Crippen LogP contribution in [0.3, 0.4) is 0 Å². The molecule has 0 radical (unpaired) electrons. The van der Waals surface area contributed by atoms with Crippen molar-refractivity contribution >= 4 is 11.7 Å². The van der Waals surface area contributed by atoms with Crippen LogP contribution < -0.4 is 4.74 Å². The molecule has 1 aliphatic rings. The Kier molecular flexibility index (Phi) is 4.79. The highest BCUT2D eigenvalue weighted by molar-refractivity contribution is 5.94. The van der Waals surface area contributed by atoms with Crippen LogP contribution in [-0.2, 0) is 0 Å². The van der Waals surface area contributed by atoms with Gasteiger partial charge >= 0.3 is 0 Å². The second-order valence-electron chi connectivity index (χ2n) is 7.22. The van der Waals surface area contributed by atoms with Crippen molar-refractivity contribution < 1.29 is 9.53 Å². The van der Waals surface area contributed by atoms with Crippen molar-refractivity contribution in [1.82, 2.24) is 19.3 Å². The molecule has 0 spiro atoms. The number of benzene rings is 1. The largest absolute Gasteiger partial charge is 0.493 e. The van der Waals surface area contributed by atoms with Crippen LogP contribution in [0.2, 0.25) is 0 Å². The van der Waals surface area contributed by atoms with Crippen LogP contribution in [-0.4, -0.2) is 44.9 Å². The third kappa shape index (κ3) is 3.65. The summed E-state index contributed by atoms with van der Waals surface area (Å²) in [5, 5.41) is 0. The number of hydrogen-bond donors (Lipinski definition) is 0. The van der Waals surface area contributed by atoms with Gasteiger partial charge in [0.05, 0.1) is 12.3 Å². The molecule has 3 aromatic rings. The van der Waals surface area contributed by atoms with E-state index in [1.54, 1.807) is 10.6 Å². The van der Waals surface area contributed by atoms with Crippen molar-refractivity contribution in [3.63, 3.8) is 0 Å². The number of ether oxygens (including phenoxy) is 1. The molecule has 6 nitrogen and oxygen atoms in total. The smallest absolute Gasteiger partial charge is 0.272 e. The zero-order valence-electron chi connectivity index (χ0n) is 15.8. The molecule has 0 unspecified atom stereocenters. The molecular formula is C21H24N4O2. The molecule has 4 rings (SSSR count). The highest BCUT2D eigenvalue weighted by Crippen LogP contribution is 2.22. The van der Waals surface area contributed by atoms with E-state index in [0.29, 0.717) is 30.5 Å². The Morgan fingerprint density at radius 1 is 1.30 bits per heavy atom. The van der Waals surface area contributed by atoms with Crippen LogP contribution in [0.5, 0.6) is 5.75 Å². The number of carbonyl (C=O) groups excluding carboxylic acids is 1. The molecule has 1 saturated heterocycles. The summed E-state index contributed by atoms with van der Waals surface area (Å²) in [5.74, 6) is 1.81. The fourth-order valence-corrected chi connectivity index (χ4v) is 3.71. The van der Waals surface area contributed by atoms with E-state index in [1.807, 2.05) is 42.3 Å². The minimum Gasteiger partial charge on any atom is -0.493 e. The third-order valence-corrected chi connectivity index (χ3v) is 5.06. The van der Waals surface area contributed by atoms with Gasteiger partial charge in [-0.3, -0.25) is 9.20 Å². The van der Waals surface area contributed by atoms with Crippen molar-refractivity contribution in [2.75, 3.05) is 19.7 Å². The van der Waals surface area contributed by atoms with E-state index < -0.39 is 0 Å². The topological polar surface area (TPSA) is 59.7 Å². The summed E-state index contributed by atoms with van der Waals surface area (Å²) in [4.78, 5) is 23.7. The number of piperidine rings is 1. The van der Waals surface area contributed by atoms with Crippen molar-refractivity contribution in [3.05, 3.63) is 59.7 Å². The highest BCUT2D eigenvalue weighted by atomic mass is 16.5. The van der Waals surface area contributed by atoms with Gasteiger partial charge in [0.15, 0.2) is 0 Å². The first-order valence-corrected chi connectivity index (χ1v) is 9.40. The number of amides is 1. The summed E-state index contributed by atoms with van der Waals surface area (Å²) in [7, 11) is 0. The van der Waals surface area contributed by atoms with Crippen LogP contribution in [0.4, 0.5) is 0 Å². The molecule has 140 valence electrons. The number of carbonyl (C=O) groups is 1. The third-order valence-electron chi connectivity index (χ3n) is 5.06. The van der Waals surface area contributed by atoms with Crippen molar-refractivity contribution in [2.45, 2.75) is 26.7 Å². The number of fused-ring (bicyclic) bond motifs is 1. The fraction of sp³-hybridized carbons (Fsp3) is 0.381. The van der Waals surface area contributed by atoms with E-state index >= 15 is 0 Å². The Morgan fingerprint density at radius 2 is 2.19 bits per heavy atom. The van der Waals surface area contributed by atoms with E-state index in [-0.39, 0.29) is 5.91 Å². The van der Waals surface area contributed by atoms with Gasteiger partial charge in [0.25, 0.3) is 5.91 Å². The monoisotopic (exact) mass is 364 g/mol. The Hall–Kier alpha value is -2.89. The molecule has 1 atom stereocenters. The summed E-state index contributed by atoms with van der Waals surface area (Å²) in [5.41, 5.74) is 2.51. The number of imidazole rings is 1. The first-order chi connectivity index (χ1) is 13.1. The first-order valence-electron chi connectivity index (χ1n) is 9.40. The standard InChI is InChI=1S/C21H24N4O2/c1-15-6-3-8-18(12-15)27-14-17-7-4-10-24(13-17)20(26)19-16(2)23-21-22-9-5-11-25(19)21/h3,5-6,8-9,11-12,17H,4,7,10,13-14H2,1-2H3/t17-/m0/s1. The zero-order valence-corrected chi connectivity index (χ0v) is 15.8. The van der Waals surface area contributed by atoms with Gasteiger partial charge in [0.1, 0.15) is 11.4 Å². The Balaban J connectivity index is 1.46. The molecule has 2 aromatic heterocycles. The normalized spacial score (nSPS) is 17.3. The Labute approximate surface area is 158 Å². The van der Waals surface area contributed by atoms with Crippen LogP contribution in [0, 0.1) is 19.8 Å². The van der Waals surface area contributed by atoms with Crippen LogP contribution in [0.25, 0.3) is 5.78 Å². The molecule has 3 heterocycles. The van der Waals surface area contributed by atoms with Crippen molar-refractivity contribution in [1.29, 1.82) is 0 Å². The molecule has 27 heavy (non-hydrogen) atoms. The number of hydrogen-bond acceptors (Lipinski definition) is 4. The van der Waals surface area contributed by atoms with E-state index in [1.165, 1.54) is 5.56 Å². The van der Waals surface area contributed by atoms with Crippen molar-refractivity contribution in [2.24, 2.45) is 5.92 Å². The predicted octanol–water partition coefficient (Wildman–Crippen LogP) is 3.28. The first kappa shape index (κ1) is 17.5. The van der Waals surface area contributed by atoms with E-state index in [0.717, 1.165) is 30.8 Å². The van der Waals surface area contributed by atoms with Crippen LogP contribution >= 0.6 is 0 Å². The Bertz CT molecular complexity index is 966. The number of nitrogens with zero attached hydrogens (tertiary/aromatic N) is 4. The lowest BCUT2D eigenvalue weighted by Crippen LogP contribution is -2.42. The van der Waals surface area contributed by atoms with Gasteiger partial charge in [0.2, 0.25) is 5.78 Å². The number of aromatic nitrogens is 3. The second kappa shape index (κ2) is 7.39. The van der Waals surface area contributed by atoms with E-state index in [9.17, 15) is 4.79 Å². The number of aryl methyl sites for hydroxylation is 2. The Morgan fingerprint density at radius 3 is 3.04 bits per heavy atom. The maximum Gasteiger partial charge on any atom is 0.272 e. The van der Waals surface area contributed by atoms with Crippen molar-refractivity contribution in [3.8, 4) is 5.75 Å². The van der Waals surface area contributed by atoms with Gasteiger partial charge in [-0.2, -0.15) is 0 Å². The van der Waals surface area contributed by atoms with E-state index in [2.05, 4.69) is 23.0 Å². The summed E-state index contributed by atoms with van der Waals surface area (Å²) < 4.78 is 7.76. The summed E-state index contributed by atoms with van der Waals surface area (Å²) in [6.45, 7) is 6.02. The number of likely N-dealkylation sites (tertiary alicyclic amines) is 1. The molecule has 1 aliphatic heterocycles. The molecule has 0 saturated carbocycles. The van der Waals surface area contributed by atoms with Gasteiger partial charge in [-0.05, 0) is 50.5 Å². The van der Waals surface area contributed by atoms with Crippen LogP contribution in [0.15, 0.2) is 42.7 Å². The summed E-state index contributed by atoms with van der Waals surface area (Å²) in [6.07, 6.45) is 5.60. The van der Waals surface area contributed by atoms with Crippen LogP contribution in [0.1, 0.15) is 34.6 Å². The lowest BCUT2D eigenvalue weighted by molar-refractivity contribution is 0.0625. The second-order valence-corrected chi connectivity index (χ2v) is 7.22. The molecule has 0 N–H and O–H groups in total. The lowest BCUT2D eigenvalue weighted by atomic mass is 9.98. The molecule has 0 bridgehead atoms. The average Bonchev–Trinajstić information content (AvgIpc) is 3.02. The molecular weight excluding hydrogens is 340 g/mol. The van der Waals surface area contributed by atoms with Gasteiger partial charge in [-0.25, -0.2) is 9.97 Å². The van der Waals surface area contributed by atoms with Gasteiger partial charge < -0.3 is 9.64 Å². The van der Waals surface area contributed by atoms with Gasteiger partial charge in [-0.15, -0.1) is 0 Å². The molecule has 1 fully saturated rings. The molecule has 6 heteroatoms. The minimum absolute atomic E-state index is 0.0215. The number of rotatable bonds is 4. The quantitative estimate of drug-likeness (QED) is 0.713. The maximum atomic E-state index is 13.2. The zero-order chi connectivity index (χ0) is 18.8.